The number of pyridine rings is 1. The Balaban J connectivity index is 1.92. The molecule has 142 valence electrons. The Kier molecular flexibility index (Phi) is 5.15. The summed E-state index contributed by atoms with van der Waals surface area (Å²) in [6, 6.07) is 10.5. The highest BCUT2D eigenvalue weighted by Crippen LogP contribution is 2.23. The average molecular weight is 387 g/mol. The lowest BCUT2D eigenvalue weighted by atomic mass is 10.1. The third-order valence-electron chi connectivity index (χ3n) is 3.81. The number of anilines is 1. The lowest BCUT2D eigenvalue weighted by Gasteiger charge is -2.08. The van der Waals surface area contributed by atoms with Crippen molar-refractivity contribution in [3.05, 3.63) is 54.4 Å². The Bertz CT molecular complexity index is 1090. The van der Waals surface area contributed by atoms with Gasteiger partial charge in [-0.2, -0.15) is 8.42 Å². The maximum Gasteiger partial charge on any atom is 0.298 e. The number of hydrogen-bond donors (Lipinski definition) is 3. The molecule has 2 heterocycles. The maximum atomic E-state index is 12.2. The van der Waals surface area contributed by atoms with Crippen LogP contribution in [-0.2, 0) is 10.2 Å². The van der Waals surface area contributed by atoms with E-state index >= 15 is 0 Å². The summed E-state index contributed by atoms with van der Waals surface area (Å²) in [4.78, 5) is 16.7. The number of benzene rings is 1. The van der Waals surface area contributed by atoms with E-state index in [0.29, 0.717) is 22.6 Å². The molecule has 0 aliphatic carbocycles. The zero-order chi connectivity index (χ0) is 19.6. The van der Waals surface area contributed by atoms with Crippen LogP contribution in [-0.4, -0.2) is 36.8 Å². The quantitative estimate of drug-likeness (QED) is 0.602. The zero-order valence-electron chi connectivity index (χ0n) is 15.2. The van der Waals surface area contributed by atoms with Gasteiger partial charge in [0, 0.05) is 31.0 Å². The zero-order valence-corrected chi connectivity index (χ0v) is 16.0. The van der Waals surface area contributed by atoms with Gasteiger partial charge >= 0.3 is 0 Å². The normalized spacial score (nSPS) is 11.7. The highest BCUT2D eigenvalue weighted by molar-refractivity contribution is 7.90. The number of carbonyl (C=O) groups is 1. The van der Waals surface area contributed by atoms with Crippen molar-refractivity contribution in [1.29, 1.82) is 0 Å². The molecule has 0 bridgehead atoms. The molecule has 1 amide bonds. The number of amides is 1. The monoisotopic (exact) mass is 387 g/mol. The van der Waals surface area contributed by atoms with E-state index in [4.69, 9.17) is 0 Å². The van der Waals surface area contributed by atoms with Crippen LogP contribution < -0.4 is 14.8 Å². The van der Waals surface area contributed by atoms with E-state index in [1.807, 2.05) is 19.9 Å². The molecular formula is C18H21N5O3S. The topological polar surface area (TPSA) is 105 Å². The number of rotatable bonds is 6. The van der Waals surface area contributed by atoms with Crippen molar-refractivity contribution in [2.45, 2.75) is 19.9 Å². The minimum Gasteiger partial charge on any atom is -0.350 e. The number of carbonyl (C=O) groups excluding carboxylic acids is 1. The Labute approximate surface area is 157 Å². The van der Waals surface area contributed by atoms with Gasteiger partial charge in [-0.3, -0.25) is 9.52 Å². The van der Waals surface area contributed by atoms with E-state index in [2.05, 4.69) is 19.7 Å². The second-order valence-electron chi connectivity index (χ2n) is 6.33. The molecule has 9 heteroatoms. The highest BCUT2D eigenvalue weighted by atomic mass is 32.2. The molecule has 3 rings (SSSR count). The summed E-state index contributed by atoms with van der Waals surface area (Å²) >= 11 is 0. The van der Waals surface area contributed by atoms with E-state index in [1.54, 1.807) is 47.1 Å². The Hall–Kier alpha value is -2.91. The Morgan fingerprint density at radius 1 is 1.15 bits per heavy atom. The molecule has 0 aliphatic rings. The van der Waals surface area contributed by atoms with Crippen LogP contribution in [0.5, 0.6) is 0 Å². The third kappa shape index (κ3) is 4.44. The number of imidazole rings is 1. The van der Waals surface area contributed by atoms with Crippen molar-refractivity contribution in [3.63, 3.8) is 0 Å². The summed E-state index contributed by atoms with van der Waals surface area (Å²) in [5.74, 6) is -0.148. The first kappa shape index (κ1) is 18.9. The minimum absolute atomic E-state index is 0.0516. The third-order valence-corrected chi connectivity index (χ3v) is 4.85. The average Bonchev–Trinajstić information content (AvgIpc) is 3.04. The first-order valence-corrected chi connectivity index (χ1v) is 9.87. The minimum atomic E-state index is -3.59. The molecule has 27 heavy (non-hydrogen) atoms. The molecule has 2 aromatic heterocycles. The van der Waals surface area contributed by atoms with E-state index in [0.717, 1.165) is 5.56 Å². The molecule has 0 saturated heterocycles. The summed E-state index contributed by atoms with van der Waals surface area (Å²) in [5.41, 5.74) is 3.07. The van der Waals surface area contributed by atoms with E-state index in [1.165, 1.54) is 7.05 Å². The van der Waals surface area contributed by atoms with Crippen LogP contribution in [0.4, 0.5) is 5.69 Å². The second-order valence-corrected chi connectivity index (χ2v) is 7.95. The van der Waals surface area contributed by atoms with Crippen LogP contribution in [0.3, 0.4) is 0 Å². The lowest BCUT2D eigenvalue weighted by molar-refractivity contribution is 0.0942. The van der Waals surface area contributed by atoms with Crippen molar-refractivity contribution in [2.24, 2.45) is 0 Å². The van der Waals surface area contributed by atoms with Crippen LogP contribution in [0.1, 0.15) is 24.2 Å². The van der Waals surface area contributed by atoms with E-state index < -0.39 is 10.2 Å². The number of aromatic nitrogens is 2. The van der Waals surface area contributed by atoms with Crippen molar-refractivity contribution < 1.29 is 13.2 Å². The molecule has 3 aromatic rings. The predicted molar refractivity (Wildman–Crippen MR) is 105 cm³/mol. The fourth-order valence-electron chi connectivity index (χ4n) is 2.56. The molecule has 0 unspecified atom stereocenters. The summed E-state index contributed by atoms with van der Waals surface area (Å²) < 4.78 is 29.7. The van der Waals surface area contributed by atoms with Gasteiger partial charge in [0.1, 0.15) is 5.65 Å². The summed E-state index contributed by atoms with van der Waals surface area (Å²) in [6.45, 7) is 3.81. The Morgan fingerprint density at radius 2 is 1.93 bits per heavy atom. The molecule has 0 spiro atoms. The van der Waals surface area contributed by atoms with Gasteiger partial charge < -0.3 is 9.72 Å². The fourth-order valence-corrected chi connectivity index (χ4v) is 3.10. The van der Waals surface area contributed by atoms with Crippen molar-refractivity contribution >= 4 is 27.5 Å². The molecule has 0 atom stereocenters. The molecule has 1 aromatic carbocycles. The molecule has 0 fully saturated rings. The number of nitrogens with zero attached hydrogens (tertiary/aromatic N) is 2. The number of fused-ring (bicyclic) bond motifs is 1. The molecule has 3 N–H and O–H groups in total. The van der Waals surface area contributed by atoms with Crippen molar-refractivity contribution in [1.82, 2.24) is 19.4 Å². The maximum absolute atomic E-state index is 12.2. The summed E-state index contributed by atoms with van der Waals surface area (Å²) in [5, 5.41) is 2.85. The van der Waals surface area contributed by atoms with Gasteiger partial charge in [-0.25, -0.2) is 9.71 Å². The van der Waals surface area contributed by atoms with Gasteiger partial charge in [0.25, 0.3) is 16.1 Å². The smallest absolute Gasteiger partial charge is 0.298 e. The van der Waals surface area contributed by atoms with Gasteiger partial charge in [-0.15, -0.1) is 0 Å². The van der Waals surface area contributed by atoms with Crippen LogP contribution in [0.25, 0.3) is 16.9 Å². The van der Waals surface area contributed by atoms with Gasteiger partial charge in [0.15, 0.2) is 0 Å². The van der Waals surface area contributed by atoms with Crippen LogP contribution in [0.15, 0.2) is 48.8 Å². The molecular weight excluding hydrogens is 366 g/mol. The number of hydrogen-bond acceptors (Lipinski definition) is 4. The molecule has 0 aliphatic heterocycles. The molecule has 0 saturated carbocycles. The van der Waals surface area contributed by atoms with Gasteiger partial charge in [-0.05, 0) is 38.1 Å². The molecule has 8 nitrogen and oxygen atoms in total. The van der Waals surface area contributed by atoms with Crippen LogP contribution in [0.2, 0.25) is 0 Å². The summed E-state index contributed by atoms with van der Waals surface area (Å²) in [7, 11) is -2.26. The summed E-state index contributed by atoms with van der Waals surface area (Å²) in [6.07, 6.45) is 3.52. The van der Waals surface area contributed by atoms with Crippen LogP contribution >= 0.6 is 0 Å². The van der Waals surface area contributed by atoms with Gasteiger partial charge in [0.2, 0.25) is 0 Å². The van der Waals surface area contributed by atoms with Crippen molar-refractivity contribution in [3.8, 4) is 11.3 Å². The number of nitrogens with one attached hydrogen (secondary N) is 3. The highest BCUT2D eigenvalue weighted by Gasteiger charge is 2.11. The van der Waals surface area contributed by atoms with Crippen LogP contribution in [0, 0.1) is 0 Å². The largest absolute Gasteiger partial charge is 0.350 e. The van der Waals surface area contributed by atoms with E-state index in [9.17, 15) is 13.2 Å². The lowest BCUT2D eigenvalue weighted by Crippen LogP contribution is -2.30. The standard InChI is InChI=1S/C18H21N5O3S/c1-12(2)20-18(24)14-7-8-17-21-16(11-23(17)10-14)13-5-4-6-15(9-13)22-27(25,26)19-3/h4-12,19,22H,1-3H3,(H,20,24). The van der Waals surface area contributed by atoms with Gasteiger partial charge in [0.05, 0.1) is 16.9 Å². The second kappa shape index (κ2) is 7.37. The SMILES string of the molecule is CNS(=O)(=O)Nc1cccc(-c2cn3cc(C(=O)NC(C)C)ccc3n2)c1. The predicted octanol–water partition coefficient (Wildman–Crippen LogP) is 2.02. The Morgan fingerprint density at radius 3 is 2.63 bits per heavy atom. The van der Waals surface area contributed by atoms with Crippen molar-refractivity contribution in [2.75, 3.05) is 11.8 Å². The fraction of sp³-hybridized carbons (Fsp3) is 0.222. The van der Waals surface area contributed by atoms with E-state index in [-0.39, 0.29) is 11.9 Å². The van der Waals surface area contributed by atoms with Gasteiger partial charge in [-0.1, -0.05) is 12.1 Å². The first-order valence-electron chi connectivity index (χ1n) is 8.39. The molecule has 0 radical (unpaired) electrons. The first-order chi connectivity index (χ1) is 12.8.